The maximum absolute atomic E-state index is 13.1. The number of hydrogen-bond acceptors (Lipinski definition) is 6. The van der Waals surface area contributed by atoms with Crippen LogP contribution < -0.4 is 20.5 Å². The van der Waals surface area contributed by atoms with Gasteiger partial charge < -0.3 is 20.5 Å². The molecule has 0 saturated heterocycles. The first-order chi connectivity index (χ1) is 15.0. The zero-order valence-electron chi connectivity index (χ0n) is 16.8. The van der Waals surface area contributed by atoms with Crippen molar-refractivity contribution in [3.8, 4) is 22.8 Å². The molecule has 31 heavy (non-hydrogen) atoms. The fourth-order valence-corrected chi connectivity index (χ4v) is 3.18. The number of nitrogens with two attached hydrogens (primary N) is 1. The normalized spacial score (nSPS) is 10.6. The molecule has 156 valence electrons. The average molecular weight is 417 g/mol. The van der Waals surface area contributed by atoms with Crippen LogP contribution in [0.5, 0.6) is 11.5 Å². The average Bonchev–Trinajstić information content (AvgIpc) is 3.23. The second-order valence-corrected chi connectivity index (χ2v) is 6.56. The number of imidazole rings is 1. The van der Waals surface area contributed by atoms with Gasteiger partial charge in [-0.2, -0.15) is 0 Å². The monoisotopic (exact) mass is 417 g/mol. The van der Waals surface area contributed by atoms with Crippen molar-refractivity contribution < 1.29 is 19.1 Å². The Morgan fingerprint density at radius 2 is 1.81 bits per heavy atom. The summed E-state index contributed by atoms with van der Waals surface area (Å²) in [6, 6.07) is 16.0. The van der Waals surface area contributed by atoms with Gasteiger partial charge in [-0.1, -0.05) is 30.3 Å². The molecule has 9 heteroatoms. The molecule has 2 aromatic heterocycles. The Bertz CT molecular complexity index is 1280. The number of amides is 2. The van der Waals surface area contributed by atoms with Crippen molar-refractivity contribution >= 4 is 23.1 Å². The zero-order valence-corrected chi connectivity index (χ0v) is 16.8. The lowest BCUT2D eigenvalue weighted by atomic mass is 10.1. The molecule has 4 aromatic rings. The molecule has 9 nitrogen and oxygen atoms in total. The Morgan fingerprint density at radius 1 is 1.03 bits per heavy atom. The fraction of sp³-hybridized carbons (Fsp3) is 0.0909. The third-order valence-corrected chi connectivity index (χ3v) is 4.69. The Kier molecular flexibility index (Phi) is 5.23. The molecular formula is C22H19N5O4. The van der Waals surface area contributed by atoms with E-state index < -0.39 is 11.8 Å². The summed E-state index contributed by atoms with van der Waals surface area (Å²) in [5.41, 5.74) is 7.61. The maximum atomic E-state index is 13.1. The van der Waals surface area contributed by atoms with Crippen LogP contribution in [0.15, 0.2) is 60.9 Å². The topological polar surface area (TPSA) is 121 Å². The van der Waals surface area contributed by atoms with E-state index in [1.807, 2.05) is 30.3 Å². The summed E-state index contributed by atoms with van der Waals surface area (Å²) >= 11 is 0. The van der Waals surface area contributed by atoms with Crippen molar-refractivity contribution in [3.63, 3.8) is 0 Å². The van der Waals surface area contributed by atoms with Crippen LogP contribution in [0.3, 0.4) is 0 Å². The van der Waals surface area contributed by atoms with E-state index in [2.05, 4.69) is 15.3 Å². The molecule has 0 spiro atoms. The Labute approximate surface area is 177 Å². The van der Waals surface area contributed by atoms with Gasteiger partial charge in [0.2, 0.25) is 0 Å². The van der Waals surface area contributed by atoms with Crippen molar-refractivity contribution in [3.05, 3.63) is 72.3 Å². The van der Waals surface area contributed by atoms with Crippen LogP contribution in [-0.2, 0) is 0 Å². The molecule has 0 fully saturated rings. The van der Waals surface area contributed by atoms with Gasteiger partial charge in [0, 0.05) is 6.07 Å². The minimum absolute atomic E-state index is 0.0196. The van der Waals surface area contributed by atoms with Gasteiger partial charge >= 0.3 is 0 Å². The highest BCUT2D eigenvalue weighted by atomic mass is 16.5. The number of rotatable bonds is 6. The third kappa shape index (κ3) is 3.76. The van der Waals surface area contributed by atoms with Crippen LogP contribution in [0.2, 0.25) is 0 Å². The van der Waals surface area contributed by atoms with E-state index in [-0.39, 0.29) is 17.0 Å². The summed E-state index contributed by atoms with van der Waals surface area (Å²) in [6.45, 7) is 0. The van der Waals surface area contributed by atoms with Gasteiger partial charge in [-0.3, -0.25) is 14.0 Å². The highest BCUT2D eigenvalue weighted by molar-refractivity contribution is 6.05. The highest BCUT2D eigenvalue weighted by Crippen LogP contribution is 2.30. The van der Waals surface area contributed by atoms with Crippen molar-refractivity contribution in [2.45, 2.75) is 0 Å². The Hall–Kier alpha value is -4.40. The number of methoxy groups -OCH3 is 2. The van der Waals surface area contributed by atoms with Gasteiger partial charge in [0.1, 0.15) is 23.5 Å². The molecule has 0 aliphatic rings. The summed E-state index contributed by atoms with van der Waals surface area (Å²) in [6.07, 6.45) is 1.46. The van der Waals surface area contributed by atoms with E-state index in [9.17, 15) is 9.59 Å². The van der Waals surface area contributed by atoms with E-state index in [0.29, 0.717) is 22.9 Å². The molecule has 4 rings (SSSR count). The number of anilines is 1. The van der Waals surface area contributed by atoms with Crippen LogP contribution in [0.1, 0.15) is 21.0 Å². The number of nitrogens with one attached hydrogen (secondary N) is 1. The van der Waals surface area contributed by atoms with E-state index in [0.717, 1.165) is 5.56 Å². The van der Waals surface area contributed by atoms with Crippen LogP contribution in [-0.4, -0.2) is 40.4 Å². The number of hydrogen-bond donors (Lipinski definition) is 2. The number of carbonyl (C=O) groups excluding carboxylic acids is 2. The molecular weight excluding hydrogens is 398 g/mol. The summed E-state index contributed by atoms with van der Waals surface area (Å²) < 4.78 is 12.1. The molecule has 0 aliphatic heterocycles. The third-order valence-electron chi connectivity index (χ3n) is 4.69. The lowest BCUT2D eigenvalue weighted by Gasteiger charge is -2.13. The SMILES string of the molecule is COc1ccc(NC(=O)c2cc(-c3ccccc3)n3cnc(C(N)=O)c3n2)c(OC)c1. The van der Waals surface area contributed by atoms with Gasteiger partial charge in [-0.05, 0) is 23.8 Å². The van der Waals surface area contributed by atoms with E-state index in [1.54, 1.807) is 35.8 Å². The quantitative estimate of drug-likeness (QED) is 0.498. The minimum atomic E-state index is -0.733. The first-order valence-corrected chi connectivity index (χ1v) is 9.28. The Balaban J connectivity index is 1.81. The zero-order chi connectivity index (χ0) is 22.0. The van der Waals surface area contributed by atoms with E-state index >= 15 is 0 Å². The maximum Gasteiger partial charge on any atom is 0.274 e. The molecule has 0 radical (unpaired) electrons. The minimum Gasteiger partial charge on any atom is -0.497 e. The molecule has 0 aliphatic carbocycles. The number of nitrogens with zero attached hydrogens (tertiary/aromatic N) is 3. The van der Waals surface area contributed by atoms with E-state index in [4.69, 9.17) is 15.2 Å². The van der Waals surface area contributed by atoms with Gasteiger partial charge in [-0.25, -0.2) is 9.97 Å². The van der Waals surface area contributed by atoms with Gasteiger partial charge in [0.25, 0.3) is 11.8 Å². The molecule has 2 aromatic carbocycles. The van der Waals surface area contributed by atoms with Gasteiger partial charge in [0.15, 0.2) is 11.3 Å². The van der Waals surface area contributed by atoms with Crippen LogP contribution in [0.4, 0.5) is 5.69 Å². The number of carbonyl (C=O) groups is 2. The van der Waals surface area contributed by atoms with Crippen LogP contribution in [0, 0.1) is 0 Å². The fourth-order valence-electron chi connectivity index (χ4n) is 3.18. The van der Waals surface area contributed by atoms with Crippen LogP contribution in [0.25, 0.3) is 16.9 Å². The standard InChI is InChI=1S/C22H19N5O4/c1-30-14-8-9-15(18(10-14)31-2)26-22(29)16-11-17(13-6-4-3-5-7-13)27-12-24-19(20(23)28)21(27)25-16/h3-12H,1-2H3,(H2,23,28)(H,26,29). The molecule has 0 saturated carbocycles. The highest BCUT2D eigenvalue weighted by Gasteiger charge is 2.20. The molecule has 2 heterocycles. The van der Waals surface area contributed by atoms with Crippen molar-refractivity contribution in [2.24, 2.45) is 5.73 Å². The van der Waals surface area contributed by atoms with Gasteiger partial charge in [0.05, 0.1) is 25.6 Å². The van der Waals surface area contributed by atoms with Crippen molar-refractivity contribution in [1.29, 1.82) is 0 Å². The van der Waals surface area contributed by atoms with Crippen molar-refractivity contribution in [1.82, 2.24) is 14.4 Å². The molecule has 3 N–H and O–H groups in total. The smallest absolute Gasteiger partial charge is 0.274 e. The predicted molar refractivity (Wildman–Crippen MR) is 114 cm³/mol. The summed E-state index contributed by atoms with van der Waals surface area (Å²) in [5.74, 6) is -0.200. The number of primary amides is 1. The second kappa shape index (κ2) is 8.15. The van der Waals surface area contributed by atoms with Gasteiger partial charge in [-0.15, -0.1) is 0 Å². The number of aromatic nitrogens is 3. The molecule has 0 bridgehead atoms. The predicted octanol–water partition coefficient (Wildman–Crippen LogP) is 2.76. The molecule has 0 atom stereocenters. The first-order valence-electron chi connectivity index (χ1n) is 9.28. The van der Waals surface area contributed by atoms with E-state index in [1.165, 1.54) is 13.4 Å². The summed E-state index contributed by atoms with van der Waals surface area (Å²) in [5, 5.41) is 2.79. The summed E-state index contributed by atoms with van der Waals surface area (Å²) in [4.78, 5) is 33.3. The largest absolute Gasteiger partial charge is 0.497 e. The van der Waals surface area contributed by atoms with Crippen LogP contribution >= 0.6 is 0 Å². The first kappa shape index (κ1) is 19.9. The van der Waals surface area contributed by atoms with Crippen molar-refractivity contribution in [2.75, 3.05) is 19.5 Å². The molecule has 0 unspecified atom stereocenters. The number of fused-ring (bicyclic) bond motifs is 1. The lowest BCUT2D eigenvalue weighted by molar-refractivity contribution is 0.0993. The lowest BCUT2D eigenvalue weighted by Crippen LogP contribution is -2.17. The second-order valence-electron chi connectivity index (χ2n) is 6.56. The number of benzene rings is 2. The molecule has 2 amide bonds. The number of ether oxygens (including phenoxy) is 2. The Morgan fingerprint density at radius 3 is 2.48 bits per heavy atom. The summed E-state index contributed by atoms with van der Waals surface area (Å²) in [7, 11) is 3.03.